The van der Waals surface area contributed by atoms with Gasteiger partial charge in [0.25, 0.3) is 0 Å². The molecule has 5 nitrogen and oxygen atoms in total. The van der Waals surface area contributed by atoms with Crippen LogP contribution in [0, 0.1) is 0 Å². The number of ether oxygens (including phenoxy) is 1. The summed E-state index contributed by atoms with van der Waals surface area (Å²) in [6.07, 6.45) is 3.86. The SMILES string of the molecule is Cn1cc([C@]2(C)CN(Cc3ccc(O)c(Cl)c3)CCO2)cn1. The van der Waals surface area contributed by atoms with Crippen LogP contribution in [0.25, 0.3) is 0 Å². The van der Waals surface area contributed by atoms with Crippen molar-refractivity contribution >= 4 is 11.6 Å². The maximum Gasteiger partial charge on any atom is 0.134 e. The van der Waals surface area contributed by atoms with Gasteiger partial charge in [-0.25, -0.2) is 0 Å². The number of hydrogen-bond acceptors (Lipinski definition) is 4. The highest BCUT2D eigenvalue weighted by Crippen LogP contribution is 2.30. The maximum atomic E-state index is 9.51. The molecule has 1 atom stereocenters. The Labute approximate surface area is 135 Å². The fraction of sp³-hybridized carbons (Fsp3) is 0.438. The van der Waals surface area contributed by atoms with Gasteiger partial charge in [0, 0.05) is 38.4 Å². The zero-order chi connectivity index (χ0) is 15.7. The van der Waals surface area contributed by atoms with Gasteiger partial charge in [0.05, 0.1) is 17.8 Å². The van der Waals surface area contributed by atoms with E-state index in [0.29, 0.717) is 11.6 Å². The third-order valence-electron chi connectivity index (χ3n) is 4.09. The van der Waals surface area contributed by atoms with E-state index >= 15 is 0 Å². The van der Waals surface area contributed by atoms with Crippen molar-refractivity contribution in [2.24, 2.45) is 7.05 Å². The average molecular weight is 322 g/mol. The van der Waals surface area contributed by atoms with Crippen LogP contribution in [-0.2, 0) is 23.9 Å². The second-order valence-corrected chi connectivity index (χ2v) is 6.39. The van der Waals surface area contributed by atoms with Crippen LogP contribution >= 0.6 is 11.6 Å². The van der Waals surface area contributed by atoms with Crippen molar-refractivity contribution in [3.05, 3.63) is 46.7 Å². The van der Waals surface area contributed by atoms with Gasteiger partial charge in [-0.3, -0.25) is 9.58 Å². The summed E-state index contributed by atoms with van der Waals surface area (Å²) < 4.78 is 7.81. The van der Waals surface area contributed by atoms with Crippen LogP contribution < -0.4 is 0 Å². The number of benzene rings is 1. The average Bonchev–Trinajstić information content (AvgIpc) is 2.91. The minimum Gasteiger partial charge on any atom is -0.506 e. The molecule has 0 radical (unpaired) electrons. The molecule has 2 aromatic rings. The van der Waals surface area contributed by atoms with E-state index in [0.717, 1.165) is 30.8 Å². The first kappa shape index (κ1) is 15.3. The van der Waals surface area contributed by atoms with Crippen LogP contribution in [0.4, 0.5) is 0 Å². The predicted molar refractivity (Wildman–Crippen MR) is 84.9 cm³/mol. The van der Waals surface area contributed by atoms with Gasteiger partial charge in [-0.2, -0.15) is 5.10 Å². The number of aromatic hydroxyl groups is 1. The molecular formula is C16H20ClN3O2. The van der Waals surface area contributed by atoms with Crippen molar-refractivity contribution in [3.63, 3.8) is 0 Å². The molecular weight excluding hydrogens is 302 g/mol. The minimum atomic E-state index is -0.354. The molecule has 2 heterocycles. The largest absolute Gasteiger partial charge is 0.506 e. The lowest BCUT2D eigenvalue weighted by Crippen LogP contribution is -2.47. The lowest BCUT2D eigenvalue weighted by atomic mass is 9.96. The Kier molecular flexibility index (Phi) is 4.12. The summed E-state index contributed by atoms with van der Waals surface area (Å²) in [5.41, 5.74) is 1.81. The molecule has 3 rings (SSSR count). The molecule has 0 unspecified atom stereocenters. The molecule has 1 aromatic heterocycles. The van der Waals surface area contributed by atoms with Crippen molar-refractivity contribution < 1.29 is 9.84 Å². The summed E-state index contributed by atoms with van der Waals surface area (Å²) in [4.78, 5) is 2.33. The molecule has 6 heteroatoms. The zero-order valence-corrected chi connectivity index (χ0v) is 13.5. The van der Waals surface area contributed by atoms with Gasteiger partial charge in [0.1, 0.15) is 11.4 Å². The molecule has 0 saturated carbocycles. The molecule has 0 amide bonds. The summed E-state index contributed by atoms with van der Waals surface area (Å²) in [7, 11) is 1.91. The normalized spacial score (nSPS) is 22.9. The number of aromatic nitrogens is 2. The molecule has 22 heavy (non-hydrogen) atoms. The zero-order valence-electron chi connectivity index (χ0n) is 12.8. The summed E-state index contributed by atoms with van der Waals surface area (Å²) >= 11 is 5.98. The minimum absolute atomic E-state index is 0.118. The summed E-state index contributed by atoms with van der Waals surface area (Å²) in [5.74, 6) is 0.118. The van der Waals surface area contributed by atoms with Crippen LogP contribution in [0.15, 0.2) is 30.6 Å². The highest BCUT2D eigenvalue weighted by molar-refractivity contribution is 6.32. The van der Waals surface area contributed by atoms with Crippen LogP contribution in [0.2, 0.25) is 5.02 Å². The van der Waals surface area contributed by atoms with Crippen molar-refractivity contribution in [3.8, 4) is 5.75 Å². The van der Waals surface area contributed by atoms with Crippen LogP contribution in [0.5, 0.6) is 5.75 Å². The standard InChI is InChI=1S/C16H20ClN3O2/c1-16(13-8-18-19(2)10-13)11-20(5-6-22-16)9-12-3-4-15(21)14(17)7-12/h3-4,7-8,10,21H,5-6,9,11H2,1-2H3/t16-/m0/s1. The second kappa shape index (κ2) is 5.91. The highest BCUT2D eigenvalue weighted by atomic mass is 35.5. The Bertz CT molecular complexity index is 673. The lowest BCUT2D eigenvalue weighted by molar-refractivity contribution is -0.105. The van der Waals surface area contributed by atoms with E-state index in [-0.39, 0.29) is 11.4 Å². The Morgan fingerprint density at radius 2 is 2.27 bits per heavy atom. The third kappa shape index (κ3) is 3.11. The van der Waals surface area contributed by atoms with Crippen molar-refractivity contribution in [2.75, 3.05) is 19.7 Å². The molecule has 1 aliphatic heterocycles. The molecule has 1 fully saturated rings. The highest BCUT2D eigenvalue weighted by Gasteiger charge is 2.34. The number of nitrogens with zero attached hydrogens (tertiary/aromatic N) is 3. The van der Waals surface area contributed by atoms with E-state index in [2.05, 4.69) is 16.9 Å². The molecule has 1 aromatic carbocycles. The van der Waals surface area contributed by atoms with Crippen LogP contribution in [-0.4, -0.2) is 39.5 Å². The Morgan fingerprint density at radius 1 is 1.45 bits per heavy atom. The Hall–Kier alpha value is -1.56. The summed E-state index contributed by atoms with van der Waals surface area (Å²) in [6, 6.07) is 5.35. The number of rotatable bonds is 3. The van der Waals surface area contributed by atoms with Crippen molar-refractivity contribution in [2.45, 2.75) is 19.1 Å². The predicted octanol–water partition coefficient (Wildman–Crippen LogP) is 2.53. The van der Waals surface area contributed by atoms with E-state index in [9.17, 15) is 5.11 Å². The molecule has 0 spiro atoms. The van der Waals surface area contributed by atoms with Gasteiger partial charge >= 0.3 is 0 Å². The van der Waals surface area contributed by atoms with Crippen molar-refractivity contribution in [1.82, 2.24) is 14.7 Å². The van der Waals surface area contributed by atoms with Gasteiger partial charge < -0.3 is 9.84 Å². The van der Waals surface area contributed by atoms with E-state index in [1.54, 1.807) is 10.7 Å². The number of hydrogen-bond donors (Lipinski definition) is 1. The molecule has 118 valence electrons. The first-order chi connectivity index (χ1) is 10.5. The molecule has 1 N–H and O–H groups in total. The smallest absolute Gasteiger partial charge is 0.134 e. The van der Waals surface area contributed by atoms with E-state index < -0.39 is 0 Å². The number of aryl methyl sites for hydroxylation is 1. The monoisotopic (exact) mass is 321 g/mol. The fourth-order valence-corrected chi connectivity index (χ4v) is 3.07. The summed E-state index contributed by atoms with van der Waals surface area (Å²) in [5, 5.41) is 14.1. The maximum absolute atomic E-state index is 9.51. The molecule has 1 aliphatic rings. The summed E-state index contributed by atoms with van der Waals surface area (Å²) in [6.45, 7) is 5.21. The number of morpholine rings is 1. The first-order valence-electron chi connectivity index (χ1n) is 7.29. The van der Waals surface area contributed by atoms with Crippen molar-refractivity contribution in [1.29, 1.82) is 0 Å². The number of phenols is 1. The lowest BCUT2D eigenvalue weighted by Gasteiger charge is -2.40. The van der Waals surface area contributed by atoms with Gasteiger partial charge in [-0.1, -0.05) is 17.7 Å². The van der Waals surface area contributed by atoms with E-state index in [1.807, 2.05) is 31.6 Å². The molecule has 0 aliphatic carbocycles. The third-order valence-corrected chi connectivity index (χ3v) is 4.39. The van der Waals surface area contributed by atoms with E-state index in [4.69, 9.17) is 16.3 Å². The van der Waals surface area contributed by atoms with Gasteiger partial charge in [-0.05, 0) is 24.6 Å². The van der Waals surface area contributed by atoms with Crippen LogP contribution in [0.1, 0.15) is 18.1 Å². The molecule has 0 bridgehead atoms. The van der Waals surface area contributed by atoms with Gasteiger partial charge in [-0.15, -0.1) is 0 Å². The van der Waals surface area contributed by atoms with Gasteiger partial charge in [0.15, 0.2) is 0 Å². The quantitative estimate of drug-likeness (QED) is 0.944. The first-order valence-corrected chi connectivity index (χ1v) is 7.67. The number of phenolic OH excluding ortho intramolecular Hbond substituents is 1. The van der Waals surface area contributed by atoms with E-state index in [1.165, 1.54) is 0 Å². The van der Waals surface area contributed by atoms with Crippen LogP contribution in [0.3, 0.4) is 0 Å². The number of halogens is 1. The Morgan fingerprint density at radius 3 is 2.95 bits per heavy atom. The second-order valence-electron chi connectivity index (χ2n) is 5.98. The fourth-order valence-electron chi connectivity index (χ4n) is 2.86. The Balaban J connectivity index is 1.74. The topological polar surface area (TPSA) is 50.5 Å². The molecule has 1 saturated heterocycles. The van der Waals surface area contributed by atoms with Gasteiger partial charge in [0.2, 0.25) is 0 Å².